The minimum absolute atomic E-state index is 0.0570. The third kappa shape index (κ3) is 6.50. The van der Waals surface area contributed by atoms with Gasteiger partial charge in [-0.25, -0.2) is 14.8 Å². The minimum atomic E-state index is -0.767. The van der Waals surface area contributed by atoms with Crippen molar-refractivity contribution in [2.24, 2.45) is 0 Å². The lowest BCUT2D eigenvalue weighted by Gasteiger charge is -2.16. The summed E-state index contributed by atoms with van der Waals surface area (Å²) >= 11 is 1.42. The zero-order valence-corrected chi connectivity index (χ0v) is 17.0. The number of rotatable bonds is 12. The number of aliphatic hydroxyl groups is 1. The second-order valence-electron chi connectivity index (χ2n) is 6.05. The molecule has 0 aliphatic carbocycles. The van der Waals surface area contributed by atoms with E-state index in [4.69, 9.17) is 19.9 Å². The standard InChI is InChI=1S/C17H27N5O5S/c1-3-4-5-6-7-25-17(24)26-9-12(8-23)27-11-22-10-19-13-14(22)20-16(18)21-15(13)28-2/h10,12,23H,3-9,11H2,1-2H3,(H2,18,20,21). The fraction of sp³-hybridized carbons (Fsp3) is 0.647. The molecular formula is C17H27N5O5S. The zero-order valence-electron chi connectivity index (χ0n) is 16.2. The number of unbranched alkanes of at least 4 members (excludes halogenated alkanes) is 3. The van der Waals surface area contributed by atoms with Crippen LogP contribution in [-0.2, 0) is 20.9 Å². The van der Waals surface area contributed by atoms with Gasteiger partial charge in [-0.3, -0.25) is 4.57 Å². The van der Waals surface area contributed by atoms with Gasteiger partial charge in [0.05, 0.1) is 19.5 Å². The SMILES string of the molecule is CCCCCCOC(=O)OCC(CO)OCn1cnc2c(SC)nc(N)nc21. The molecule has 1 unspecified atom stereocenters. The molecule has 0 aliphatic rings. The van der Waals surface area contributed by atoms with Crippen molar-refractivity contribution in [2.75, 3.05) is 31.8 Å². The summed E-state index contributed by atoms with van der Waals surface area (Å²) in [7, 11) is 0. The minimum Gasteiger partial charge on any atom is -0.434 e. The molecule has 2 heterocycles. The maximum absolute atomic E-state index is 11.6. The molecule has 0 saturated carbocycles. The Bertz CT molecular complexity index is 757. The van der Waals surface area contributed by atoms with Crippen LogP contribution in [0.1, 0.15) is 32.6 Å². The highest BCUT2D eigenvalue weighted by molar-refractivity contribution is 7.98. The first-order valence-corrected chi connectivity index (χ1v) is 10.4. The maximum Gasteiger partial charge on any atom is 0.508 e. The Labute approximate surface area is 167 Å². The summed E-state index contributed by atoms with van der Waals surface area (Å²) in [6.45, 7) is 2.05. The molecule has 0 bridgehead atoms. The number of hydrogen-bond donors (Lipinski definition) is 2. The molecule has 0 amide bonds. The lowest BCUT2D eigenvalue weighted by Crippen LogP contribution is -2.27. The summed E-state index contributed by atoms with van der Waals surface area (Å²) in [6, 6.07) is 0. The van der Waals surface area contributed by atoms with Gasteiger partial charge in [0.1, 0.15) is 30.0 Å². The van der Waals surface area contributed by atoms with Crippen LogP contribution in [0.5, 0.6) is 0 Å². The smallest absolute Gasteiger partial charge is 0.434 e. The number of thioether (sulfide) groups is 1. The van der Waals surface area contributed by atoms with Gasteiger partial charge >= 0.3 is 6.16 Å². The van der Waals surface area contributed by atoms with Crippen LogP contribution in [0.2, 0.25) is 0 Å². The van der Waals surface area contributed by atoms with Gasteiger partial charge in [0.25, 0.3) is 0 Å². The molecule has 0 aromatic carbocycles. The molecule has 11 heteroatoms. The van der Waals surface area contributed by atoms with E-state index >= 15 is 0 Å². The Kier molecular flexibility index (Phi) is 9.24. The van der Waals surface area contributed by atoms with Gasteiger partial charge in [-0.2, -0.15) is 4.98 Å². The van der Waals surface area contributed by atoms with Gasteiger partial charge in [0.2, 0.25) is 5.95 Å². The Morgan fingerprint density at radius 3 is 2.86 bits per heavy atom. The molecule has 156 valence electrons. The Hall–Kier alpha value is -2.11. The van der Waals surface area contributed by atoms with Crippen LogP contribution in [0, 0.1) is 0 Å². The van der Waals surface area contributed by atoms with Crippen LogP contribution in [0.4, 0.5) is 10.7 Å². The molecule has 2 rings (SSSR count). The van der Waals surface area contributed by atoms with Crippen LogP contribution in [0.15, 0.2) is 11.4 Å². The van der Waals surface area contributed by atoms with Gasteiger partial charge in [0, 0.05) is 0 Å². The van der Waals surface area contributed by atoms with Crippen molar-refractivity contribution in [1.29, 1.82) is 0 Å². The first kappa shape index (κ1) is 22.2. The molecule has 0 radical (unpaired) electrons. The van der Waals surface area contributed by atoms with E-state index in [0.717, 1.165) is 25.7 Å². The number of imidazole rings is 1. The number of carbonyl (C=O) groups excluding carboxylic acids is 1. The number of aliphatic hydroxyl groups excluding tert-OH is 1. The summed E-state index contributed by atoms with van der Waals surface area (Å²) in [5, 5.41) is 10.1. The van der Waals surface area contributed by atoms with Crippen molar-refractivity contribution >= 4 is 35.0 Å². The zero-order chi connectivity index (χ0) is 20.4. The number of nitrogens with two attached hydrogens (primary N) is 1. The summed E-state index contributed by atoms with van der Waals surface area (Å²) in [5.74, 6) is 0.141. The Morgan fingerprint density at radius 1 is 1.32 bits per heavy atom. The predicted octanol–water partition coefficient (Wildman–Crippen LogP) is 2.20. The monoisotopic (exact) mass is 413 g/mol. The van der Waals surface area contributed by atoms with E-state index in [2.05, 4.69) is 21.9 Å². The average molecular weight is 414 g/mol. The number of nitrogen functional groups attached to an aromatic ring is 1. The van der Waals surface area contributed by atoms with Crippen molar-refractivity contribution < 1.29 is 24.1 Å². The first-order chi connectivity index (χ1) is 13.6. The quantitative estimate of drug-likeness (QED) is 0.231. The highest BCUT2D eigenvalue weighted by Gasteiger charge is 2.15. The van der Waals surface area contributed by atoms with E-state index in [1.54, 1.807) is 10.9 Å². The van der Waals surface area contributed by atoms with Gasteiger partial charge in [-0.15, -0.1) is 11.8 Å². The number of carbonyl (C=O) groups is 1. The van der Waals surface area contributed by atoms with Crippen molar-refractivity contribution in [2.45, 2.75) is 50.5 Å². The number of aromatic nitrogens is 4. The molecule has 10 nitrogen and oxygen atoms in total. The number of fused-ring (bicyclic) bond motifs is 1. The lowest BCUT2D eigenvalue weighted by atomic mass is 10.2. The first-order valence-electron chi connectivity index (χ1n) is 9.13. The van der Waals surface area contributed by atoms with E-state index in [9.17, 15) is 9.90 Å². The van der Waals surface area contributed by atoms with Gasteiger partial charge in [-0.1, -0.05) is 26.2 Å². The second-order valence-corrected chi connectivity index (χ2v) is 6.84. The molecule has 0 fully saturated rings. The fourth-order valence-corrected chi connectivity index (χ4v) is 2.92. The van der Waals surface area contributed by atoms with Crippen LogP contribution < -0.4 is 5.73 Å². The lowest BCUT2D eigenvalue weighted by molar-refractivity contribution is -0.0616. The molecule has 2 aromatic heterocycles. The molecule has 0 aliphatic heterocycles. The van der Waals surface area contributed by atoms with Crippen LogP contribution in [0.25, 0.3) is 11.2 Å². The van der Waals surface area contributed by atoms with Crippen LogP contribution in [0.3, 0.4) is 0 Å². The maximum atomic E-state index is 11.6. The number of anilines is 1. The van der Waals surface area contributed by atoms with E-state index in [-0.39, 0.29) is 25.9 Å². The van der Waals surface area contributed by atoms with Gasteiger partial charge in [0.15, 0.2) is 5.65 Å². The Balaban J connectivity index is 1.81. The highest BCUT2D eigenvalue weighted by Crippen LogP contribution is 2.22. The van der Waals surface area contributed by atoms with Gasteiger partial charge in [-0.05, 0) is 12.7 Å². The summed E-state index contributed by atoms with van der Waals surface area (Å²) < 4.78 is 17.2. The van der Waals surface area contributed by atoms with E-state index in [0.29, 0.717) is 22.8 Å². The highest BCUT2D eigenvalue weighted by atomic mass is 32.2. The summed E-state index contributed by atoms with van der Waals surface area (Å²) in [4.78, 5) is 24.2. The molecule has 3 N–H and O–H groups in total. The number of ether oxygens (including phenoxy) is 3. The summed E-state index contributed by atoms with van der Waals surface area (Å²) in [5.41, 5.74) is 6.88. The third-order valence-corrected chi connectivity index (χ3v) is 4.57. The van der Waals surface area contributed by atoms with Crippen molar-refractivity contribution in [3.8, 4) is 0 Å². The average Bonchev–Trinajstić information content (AvgIpc) is 3.10. The van der Waals surface area contributed by atoms with Crippen molar-refractivity contribution in [1.82, 2.24) is 19.5 Å². The molecule has 1 atom stereocenters. The largest absolute Gasteiger partial charge is 0.508 e. The van der Waals surface area contributed by atoms with E-state index < -0.39 is 12.3 Å². The topological polar surface area (TPSA) is 135 Å². The number of nitrogens with zero attached hydrogens (tertiary/aromatic N) is 4. The predicted molar refractivity (Wildman–Crippen MR) is 105 cm³/mol. The van der Waals surface area contributed by atoms with Crippen LogP contribution >= 0.6 is 11.8 Å². The van der Waals surface area contributed by atoms with Gasteiger partial charge < -0.3 is 25.1 Å². The number of hydrogen-bond acceptors (Lipinski definition) is 10. The van der Waals surface area contributed by atoms with Crippen LogP contribution in [-0.4, -0.2) is 63.0 Å². The molecular weight excluding hydrogens is 386 g/mol. The van der Waals surface area contributed by atoms with E-state index in [1.807, 2.05) is 6.26 Å². The summed E-state index contributed by atoms with van der Waals surface area (Å²) in [6.07, 6.45) is 6.00. The van der Waals surface area contributed by atoms with Crippen molar-refractivity contribution in [3.05, 3.63) is 6.33 Å². The Morgan fingerprint density at radius 2 is 2.14 bits per heavy atom. The molecule has 0 spiro atoms. The molecule has 0 saturated heterocycles. The molecule has 2 aromatic rings. The van der Waals surface area contributed by atoms with Crippen molar-refractivity contribution in [3.63, 3.8) is 0 Å². The van der Waals surface area contributed by atoms with E-state index in [1.165, 1.54) is 11.8 Å². The second kappa shape index (κ2) is 11.7. The third-order valence-electron chi connectivity index (χ3n) is 3.90. The molecule has 28 heavy (non-hydrogen) atoms. The normalized spacial score (nSPS) is 12.2. The fourth-order valence-electron chi connectivity index (χ4n) is 2.40.